The van der Waals surface area contributed by atoms with E-state index in [-0.39, 0.29) is 17.6 Å². The number of halogens is 1. The van der Waals surface area contributed by atoms with E-state index < -0.39 is 22.4 Å². The molecule has 1 saturated carbocycles. The van der Waals surface area contributed by atoms with Gasteiger partial charge in [-0.3, -0.25) is 4.79 Å². The van der Waals surface area contributed by atoms with Crippen molar-refractivity contribution in [2.75, 3.05) is 47.0 Å². The molecule has 0 radical (unpaired) electrons. The third kappa shape index (κ3) is 6.80. The molecule has 2 saturated heterocycles. The molecule has 0 unspecified atom stereocenters. The molecule has 4 rings (SSSR count). The fourth-order valence-electron chi connectivity index (χ4n) is 5.39. The molecule has 3 fully saturated rings. The van der Waals surface area contributed by atoms with Crippen LogP contribution in [0.2, 0.25) is 0 Å². The number of rotatable bonds is 8. The lowest BCUT2D eigenvalue weighted by Gasteiger charge is -2.40. The van der Waals surface area contributed by atoms with Crippen molar-refractivity contribution in [3.8, 4) is 0 Å². The van der Waals surface area contributed by atoms with E-state index in [1.54, 1.807) is 12.1 Å². The summed E-state index contributed by atoms with van der Waals surface area (Å²) in [7, 11) is -0.631. The Bertz CT molecular complexity index is 962. The van der Waals surface area contributed by atoms with Crippen molar-refractivity contribution in [3.63, 3.8) is 0 Å². The molecular formula is C25H38FN3O5S. The summed E-state index contributed by atoms with van der Waals surface area (Å²) in [6, 6.07) is 6.47. The van der Waals surface area contributed by atoms with Gasteiger partial charge in [-0.15, -0.1) is 0 Å². The number of ether oxygens (including phenoxy) is 2. The maximum absolute atomic E-state index is 13.6. The molecule has 196 valence electrons. The van der Waals surface area contributed by atoms with Gasteiger partial charge in [-0.2, -0.15) is 17.4 Å². The summed E-state index contributed by atoms with van der Waals surface area (Å²) in [6.45, 7) is 2.44. The lowest BCUT2D eigenvalue weighted by Crippen LogP contribution is -2.58. The first-order valence-corrected chi connectivity index (χ1v) is 14.1. The molecule has 1 aromatic rings. The van der Waals surface area contributed by atoms with E-state index in [4.69, 9.17) is 9.47 Å². The van der Waals surface area contributed by atoms with Crippen LogP contribution in [0.1, 0.15) is 50.0 Å². The maximum Gasteiger partial charge on any atom is 0.279 e. The Hall–Kier alpha value is -1.59. The third-order valence-corrected chi connectivity index (χ3v) is 9.21. The Morgan fingerprint density at radius 2 is 1.97 bits per heavy atom. The number of carbonyl (C=O) groups excluding carboxylic acids is 1. The Morgan fingerprint density at radius 1 is 1.20 bits per heavy atom. The minimum Gasteiger partial charge on any atom is -0.381 e. The van der Waals surface area contributed by atoms with E-state index in [0.717, 1.165) is 42.0 Å². The Morgan fingerprint density at radius 3 is 2.63 bits per heavy atom. The van der Waals surface area contributed by atoms with E-state index in [1.165, 1.54) is 20.2 Å². The Balaban J connectivity index is 1.35. The predicted octanol–water partition coefficient (Wildman–Crippen LogP) is 2.52. The lowest BCUT2D eigenvalue weighted by molar-refractivity contribution is -0.140. The Kier molecular flexibility index (Phi) is 8.80. The number of hydrogen-bond donors (Lipinski definition) is 1. The zero-order valence-electron chi connectivity index (χ0n) is 20.7. The quantitative estimate of drug-likeness (QED) is 0.580. The van der Waals surface area contributed by atoms with Gasteiger partial charge >= 0.3 is 0 Å². The van der Waals surface area contributed by atoms with Crippen LogP contribution < -0.4 is 4.72 Å². The molecule has 2 aliphatic heterocycles. The summed E-state index contributed by atoms with van der Waals surface area (Å²) in [4.78, 5) is 14.8. The van der Waals surface area contributed by atoms with Gasteiger partial charge in [0.1, 0.15) is 5.82 Å². The van der Waals surface area contributed by atoms with Crippen LogP contribution >= 0.6 is 0 Å². The lowest BCUT2D eigenvalue weighted by atomic mass is 9.79. The molecular weight excluding hydrogens is 473 g/mol. The summed E-state index contributed by atoms with van der Waals surface area (Å²) in [6.07, 6.45) is 4.73. The van der Waals surface area contributed by atoms with Crippen LogP contribution in [0.15, 0.2) is 24.3 Å². The predicted molar refractivity (Wildman–Crippen MR) is 130 cm³/mol. The maximum atomic E-state index is 13.6. The number of amides is 1. The van der Waals surface area contributed by atoms with E-state index in [0.29, 0.717) is 51.2 Å². The van der Waals surface area contributed by atoms with E-state index in [1.807, 2.05) is 11.0 Å². The van der Waals surface area contributed by atoms with Gasteiger partial charge in [0.2, 0.25) is 5.91 Å². The largest absolute Gasteiger partial charge is 0.381 e. The molecule has 0 bridgehead atoms. The topological polar surface area (TPSA) is 88.2 Å². The standard InChI is InChI=1S/C25H38FN3O5S/c1-28(2)35(31,32)27-23-10-12-29(25(30)21-11-13-33-17-21)15-24(23)34-16-18-6-8-19(9-7-18)20-4-3-5-22(26)14-20/h3-5,14,18-19,21,23-24,27H,6-13,15-17H2,1-2H3/t18?,19?,21-,23+,24-/m1/s1. The van der Waals surface area contributed by atoms with Crippen molar-refractivity contribution in [1.29, 1.82) is 0 Å². The zero-order valence-corrected chi connectivity index (χ0v) is 21.5. The van der Waals surface area contributed by atoms with Gasteiger partial charge in [-0.1, -0.05) is 12.1 Å². The molecule has 8 nitrogen and oxygen atoms in total. The van der Waals surface area contributed by atoms with Crippen molar-refractivity contribution >= 4 is 16.1 Å². The summed E-state index contributed by atoms with van der Waals surface area (Å²) in [5, 5.41) is 0. The number of carbonyl (C=O) groups is 1. The molecule has 3 aliphatic rings. The number of hydrogen-bond acceptors (Lipinski definition) is 5. The highest BCUT2D eigenvalue weighted by molar-refractivity contribution is 7.87. The minimum atomic E-state index is -3.62. The van der Waals surface area contributed by atoms with Crippen LogP contribution in [0.5, 0.6) is 0 Å². The average Bonchev–Trinajstić information content (AvgIpc) is 3.38. The molecule has 2 heterocycles. The van der Waals surface area contributed by atoms with Gasteiger partial charge in [0.25, 0.3) is 10.2 Å². The zero-order chi connectivity index (χ0) is 25.0. The van der Waals surface area contributed by atoms with E-state index >= 15 is 0 Å². The van der Waals surface area contributed by atoms with Gasteiger partial charge in [0, 0.05) is 40.4 Å². The van der Waals surface area contributed by atoms with Crippen LogP contribution in [-0.4, -0.2) is 82.7 Å². The third-order valence-electron chi connectivity index (χ3n) is 7.64. The van der Waals surface area contributed by atoms with Gasteiger partial charge in [0.15, 0.2) is 0 Å². The SMILES string of the molecule is CN(C)S(=O)(=O)N[C@H]1CCN(C(=O)[C@@H]2CCOC2)C[C@H]1OCC1CCC(c2cccc(F)c2)CC1. The number of nitrogens with one attached hydrogen (secondary N) is 1. The monoisotopic (exact) mass is 511 g/mol. The molecule has 0 aromatic heterocycles. The van der Waals surface area contributed by atoms with E-state index in [2.05, 4.69) is 4.72 Å². The highest BCUT2D eigenvalue weighted by Gasteiger charge is 2.38. The first-order valence-electron chi connectivity index (χ1n) is 12.7. The number of benzene rings is 1. The van der Waals surface area contributed by atoms with Crippen molar-refractivity contribution in [2.24, 2.45) is 11.8 Å². The van der Waals surface area contributed by atoms with Crippen LogP contribution in [0, 0.1) is 17.7 Å². The van der Waals surface area contributed by atoms with E-state index in [9.17, 15) is 17.6 Å². The van der Waals surface area contributed by atoms with Crippen molar-refractivity contribution in [3.05, 3.63) is 35.6 Å². The summed E-state index contributed by atoms with van der Waals surface area (Å²) in [5.41, 5.74) is 1.06. The molecule has 1 aromatic carbocycles. The van der Waals surface area contributed by atoms with Gasteiger partial charge < -0.3 is 14.4 Å². The van der Waals surface area contributed by atoms with Crippen LogP contribution in [-0.2, 0) is 24.5 Å². The number of nitrogens with zero attached hydrogens (tertiary/aromatic N) is 2. The summed E-state index contributed by atoms with van der Waals surface area (Å²) < 4.78 is 54.3. The minimum absolute atomic E-state index is 0.0700. The molecule has 1 N–H and O–H groups in total. The van der Waals surface area contributed by atoms with Gasteiger partial charge in [0.05, 0.1) is 24.7 Å². The van der Waals surface area contributed by atoms with Crippen molar-refractivity contribution in [1.82, 2.24) is 13.9 Å². The number of piperidine rings is 1. The summed E-state index contributed by atoms with van der Waals surface area (Å²) >= 11 is 0. The Labute approximate surface area is 208 Å². The first-order chi connectivity index (χ1) is 16.7. The van der Waals surface area contributed by atoms with Crippen molar-refractivity contribution in [2.45, 2.75) is 56.6 Å². The highest BCUT2D eigenvalue weighted by atomic mass is 32.2. The number of likely N-dealkylation sites (tertiary alicyclic amines) is 1. The van der Waals surface area contributed by atoms with Crippen LogP contribution in [0.3, 0.4) is 0 Å². The molecule has 0 spiro atoms. The average molecular weight is 512 g/mol. The normalized spacial score (nSPS) is 30.1. The highest BCUT2D eigenvalue weighted by Crippen LogP contribution is 2.36. The first kappa shape index (κ1) is 26.5. The van der Waals surface area contributed by atoms with Gasteiger partial charge in [-0.05, 0) is 68.1 Å². The molecule has 35 heavy (non-hydrogen) atoms. The molecule has 1 amide bonds. The van der Waals surface area contributed by atoms with Crippen molar-refractivity contribution < 1.29 is 27.1 Å². The second-order valence-corrected chi connectivity index (χ2v) is 12.2. The van der Waals surface area contributed by atoms with Gasteiger partial charge in [-0.25, -0.2) is 4.39 Å². The summed E-state index contributed by atoms with van der Waals surface area (Å²) in [5.74, 6) is 0.474. The smallest absolute Gasteiger partial charge is 0.279 e. The molecule has 10 heteroatoms. The molecule has 1 aliphatic carbocycles. The van der Waals surface area contributed by atoms with Crippen LogP contribution in [0.4, 0.5) is 4.39 Å². The van der Waals surface area contributed by atoms with Crippen LogP contribution in [0.25, 0.3) is 0 Å². The fraction of sp³-hybridized carbons (Fsp3) is 0.720. The molecule has 3 atom stereocenters. The fourth-order valence-corrected chi connectivity index (χ4v) is 6.25. The second kappa shape index (κ2) is 11.6. The second-order valence-electron chi connectivity index (χ2n) is 10.3.